The van der Waals surface area contributed by atoms with Gasteiger partial charge in [0.15, 0.2) is 6.10 Å². The second-order valence-corrected chi connectivity index (χ2v) is 3.33. The van der Waals surface area contributed by atoms with Gasteiger partial charge >= 0.3 is 22.3 Å². The molecule has 0 bridgehead atoms. The fourth-order valence-corrected chi connectivity index (χ4v) is 1.09. The van der Waals surface area contributed by atoms with Crippen molar-refractivity contribution < 1.29 is 37.0 Å². The van der Waals surface area contributed by atoms with Crippen molar-refractivity contribution in [3.05, 3.63) is 0 Å². The normalized spacial score (nSPS) is 13.5. The molecule has 0 fully saturated rings. The summed E-state index contributed by atoms with van der Waals surface area (Å²) in [6.07, 6.45) is -3.02. The number of rotatable bonds is 6. The Hall–Kier alpha value is -1.19. The van der Waals surface area contributed by atoms with E-state index in [2.05, 4.69) is 4.18 Å². The molecule has 0 heterocycles. The molecule has 0 spiro atoms. The van der Waals surface area contributed by atoms with Gasteiger partial charge in [0.2, 0.25) is 0 Å². The molecule has 0 saturated heterocycles. The molecule has 0 aliphatic carbocycles. The van der Waals surface area contributed by atoms with Gasteiger partial charge in [-0.2, -0.15) is 8.42 Å². The van der Waals surface area contributed by atoms with Crippen LogP contribution >= 0.6 is 0 Å². The van der Waals surface area contributed by atoms with E-state index in [1.54, 1.807) is 0 Å². The zero-order valence-electron chi connectivity index (χ0n) is 6.78. The lowest BCUT2D eigenvalue weighted by molar-refractivity contribution is -0.146. The topological polar surface area (TPSA) is 138 Å². The van der Waals surface area contributed by atoms with Crippen molar-refractivity contribution in [2.75, 3.05) is 0 Å². The second kappa shape index (κ2) is 4.88. The van der Waals surface area contributed by atoms with Gasteiger partial charge < -0.3 is 10.2 Å². The van der Waals surface area contributed by atoms with Crippen LogP contribution in [0.25, 0.3) is 0 Å². The first-order valence-corrected chi connectivity index (χ1v) is 4.69. The van der Waals surface area contributed by atoms with Gasteiger partial charge in [0.05, 0.1) is 0 Å². The van der Waals surface area contributed by atoms with Gasteiger partial charge in [-0.05, 0) is 6.42 Å². The van der Waals surface area contributed by atoms with Crippen LogP contribution in [-0.2, 0) is 24.2 Å². The standard InChI is InChI=1S/C5H8O8S/c6-4(7)2-1-3(5(8)9)13-14(10,11)12/h3H,1-2H2,(H,6,7)(H,8,9)(H,10,11,12)/t3-/m0/s1. The van der Waals surface area contributed by atoms with Gasteiger partial charge in [0.25, 0.3) is 0 Å². The molecule has 0 radical (unpaired) electrons. The molecule has 0 aromatic rings. The summed E-state index contributed by atoms with van der Waals surface area (Å²) in [6, 6.07) is 0. The predicted octanol–water partition coefficient (Wildman–Crippen LogP) is -0.876. The first kappa shape index (κ1) is 12.8. The van der Waals surface area contributed by atoms with Gasteiger partial charge in [-0.25, -0.2) is 8.98 Å². The highest BCUT2D eigenvalue weighted by molar-refractivity contribution is 7.80. The van der Waals surface area contributed by atoms with Crippen LogP contribution in [-0.4, -0.2) is 41.2 Å². The van der Waals surface area contributed by atoms with E-state index in [0.717, 1.165) is 0 Å². The maximum absolute atomic E-state index is 10.3. The number of hydrogen-bond acceptors (Lipinski definition) is 5. The van der Waals surface area contributed by atoms with Crippen LogP contribution in [0.2, 0.25) is 0 Å². The highest BCUT2D eigenvalue weighted by Crippen LogP contribution is 2.06. The Bertz CT molecular complexity index is 317. The molecule has 3 N–H and O–H groups in total. The van der Waals surface area contributed by atoms with Crippen molar-refractivity contribution in [1.29, 1.82) is 0 Å². The van der Waals surface area contributed by atoms with E-state index in [1.165, 1.54) is 0 Å². The second-order valence-electron chi connectivity index (χ2n) is 2.28. The zero-order chi connectivity index (χ0) is 11.4. The molecule has 0 unspecified atom stereocenters. The van der Waals surface area contributed by atoms with Crippen LogP contribution in [0.5, 0.6) is 0 Å². The van der Waals surface area contributed by atoms with Crippen LogP contribution in [0.1, 0.15) is 12.8 Å². The van der Waals surface area contributed by atoms with Crippen molar-refractivity contribution in [2.24, 2.45) is 0 Å². The number of carboxylic acid groups (broad SMARTS) is 2. The van der Waals surface area contributed by atoms with Gasteiger partial charge in [-0.15, -0.1) is 0 Å². The minimum Gasteiger partial charge on any atom is -0.481 e. The van der Waals surface area contributed by atoms with Gasteiger partial charge in [0, 0.05) is 6.42 Å². The lowest BCUT2D eigenvalue weighted by Crippen LogP contribution is -2.27. The Morgan fingerprint density at radius 2 is 1.79 bits per heavy atom. The van der Waals surface area contributed by atoms with Crippen molar-refractivity contribution in [3.63, 3.8) is 0 Å². The smallest absolute Gasteiger partial charge is 0.398 e. The summed E-state index contributed by atoms with van der Waals surface area (Å²) in [5.41, 5.74) is 0. The Labute approximate surface area is 79.1 Å². The molecule has 0 aliphatic rings. The monoisotopic (exact) mass is 228 g/mol. The summed E-state index contributed by atoms with van der Waals surface area (Å²) in [6.45, 7) is 0. The minimum atomic E-state index is -4.89. The Balaban J connectivity index is 4.32. The molecule has 0 aliphatic heterocycles. The fraction of sp³-hybridized carbons (Fsp3) is 0.600. The molecule has 0 aromatic carbocycles. The van der Waals surface area contributed by atoms with E-state index in [-0.39, 0.29) is 0 Å². The highest BCUT2D eigenvalue weighted by atomic mass is 32.3. The van der Waals surface area contributed by atoms with E-state index in [1.807, 2.05) is 0 Å². The maximum atomic E-state index is 10.3. The summed E-state index contributed by atoms with van der Waals surface area (Å²) in [5, 5.41) is 16.5. The molecular formula is C5H8O8S. The van der Waals surface area contributed by atoms with Gasteiger partial charge in [-0.1, -0.05) is 0 Å². The number of carboxylic acids is 2. The average Bonchev–Trinajstić information content (AvgIpc) is 1.94. The highest BCUT2D eigenvalue weighted by Gasteiger charge is 2.24. The molecule has 14 heavy (non-hydrogen) atoms. The summed E-state index contributed by atoms with van der Waals surface area (Å²) in [7, 11) is -4.89. The van der Waals surface area contributed by atoms with E-state index in [9.17, 15) is 18.0 Å². The molecule has 0 aromatic heterocycles. The van der Waals surface area contributed by atoms with Crippen LogP contribution in [0.15, 0.2) is 0 Å². The minimum absolute atomic E-state index is 0.551. The quantitative estimate of drug-likeness (QED) is 0.498. The first-order valence-electron chi connectivity index (χ1n) is 3.32. The molecule has 82 valence electrons. The van der Waals surface area contributed by atoms with E-state index in [4.69, 9.17) is 14.8 Å². The molecule has 0 rings (SSSR count). The van der Waals surface area contributed by atoms with Gasteiger partial charge in [0.1, 0.15) is 0 Å². The van der Waals surface area contributed by atoms with E-state index >= 15 is 0 Å². The summed E-state index contributed by atoms with van der Waals surface area (Å²) >= 11 is 0. The van der Waals surface area contributed by atoms with E-state index < -0.39 is 41.3 Å². The summed E-state index contributed by atoms with van der Waals surface area (Å²) in [4.78, 5) is 20.3. The molecule has 0 saturated carbocycles. The number of aliphatic carboxylic acids is 2. The average molecular weight is 228 g/mol. The van der Waals surface area contributed by atoms with Crippen LogP contribution in [0.3, 0.4) is 0 Å². The summed E-state index contributed by atoms with van der Waals surface area (Å²) in [5.74, 6) is -2.96. The van der Waals surface area contributed by atoms with Crippen LogP contribution < -0.4 is 0 Å². The maximum Gasteiger partial charge on any atom is 0.398 e. The van der Waals surface area contributed by atoms with E-state index in [0.29, 0.717) is 0 Å². The fourth-order valence-electron chi connectivity index (χ4n) is 0.614. The Morgan fingerprint density at radius 3 is 2.07 bits per heavy atom. The molecular weight excluding hydrogens is 220 g/mol. The molecule has 1 atom stereocenters. The summed E-state index contributed by atoms with van der Waals surface area (Å²) < 4.78 is 32.1. The SMILES string of the molecule is O=C(O)CC[C@H](OS(=O)(=O)O)C(=O)O. The third kappa shape index (κ3) is 6.34. The Morgan fingerprint density at radius 1 is 1.29 bits per heavy atom. The Kier molecular flexibility index (Phi) is 4.47. The third-order valence-corrected chi connectivity index (χ3v) is 1.61. The lowest BCUT2D eigenvalue weighted by atomic mass is 10.2. The van der Waals surface area contributed by atoms with Crippen molar-refractivity contribution in [3.8, 4) is 0 Å². The number of carbonyl (C=O) groups is 2. The van der Waals surface area contributed by atoms with Crippen LogP contribution in [0, 0.1) is 0 Å². The molecule has 0 amide bonds. The molecule has 8 nitrogen and oxygen atoms in total. The zero-order valence-corrected chi connectivity index (χ0v) is 7.60. The molecule has 9 heteroatoms. The largest absolute Gasteiger partial charge is 0.481 e. The van der Waals surface area contributed by atoms with Gasteiger partial charge in [-0.3, -0.25) is 9.35 Å². The van der Waals surface area contributed by atoms with Crippen molar-refractivity contribution in [1.82, 2.24) is 0 Å². The number of hydrogen-bond donors (Lipinski definition) is 3. The third-order valence-electron chi connectivity index (χ3n) is 1.13. The van der Waals surface area contributed by atoms with Crippen molar-refractivity contribution >= 4 is 22.3 Å². The predicted molar refractivity (Wildman–Crippen MR) is 40.9 cm³/mol. The van der Waals surface area contributed by atoms with Crippen LogP contribution in [0.4, 0.5) is 0 Å². The van der Waals surface area contributed by atoms with Crippen molar-refractivity contribution in [2.45, 2.75) is 18.9 Å². The lowest BCUT2D eigenvalue weighted by Gasteiger charge is -2.08. The first-order chi connectivity index (χ1) is 6.22.